The predicted octanol–water partition coefficient (Wildman–Crippen LogP) is 2.09. The average Bonchev–Trinajstić information content (AvgIpc) is 2.57. The second-order valence-corrected chi connectivity index (χ2v) is 5.67. The topological polar surface area (TPSA) is 102 Å². The molecule has 0 heterocycles. The van der Waals surface area contributed by atoms with Crippen molar-refractivity contribution in [3.63, 3.8) is 0 Å². The zero-order valence-corrected chi connectivity index (χ0v) is 13.6. The van der Waals surface area contributed by atoms with Gasteiger partial charge in [-0.15, -0.1) is 0 Å². The van der Waals surface area contributed by atoms with E-state index in [1.807, 2.05) is 0 Å². The minimum atomic E-state index is -0.987. The summed E-state index contributed by atoms with van der Waals surface area (Å²) in [5.74, 6) is -0.987. The van der Waals surface area contributed by atoms with Crippen LogP contribution < -0.4 is 5.32 Å². The van der Waals surface area contributed by atoms with Crippen molar-refractivity contribution in [2.24, 2.45) is 0 Å². The molecule has 0 amide bonds. The van der Waals surface area contributed by atoms with Gasteiger partial charge in [0.25, 0.3) is 0 Å². The van der Waals surface area contributed by atoms with E-state index in [4.69, 9.17) is 4.74 Å². The molecular formula is C17H22N2O5. The van der Waals surface area contributed by atoms with Crippen molar-refractivity contribution < 1.29 is 19.6 Å². The lowest BCUT2D eigenvalue weighted by Gasteiger charge is -2.30. The molecule has 1 saturated carbocycles. The van der Waals surface area contributed by atoms with Crippen LogP contribution in [-0.2, 0) is 9.53 Å². The Morgan fingerprint density at radius 1 is 1.33 bits per heavy atom. The zero-order valence-electron chi connectivity index (χ0n) is 13.6. The Morgan fingerprint density at radius 3 is 2.58 bits per heavy atom. The van der Waals surface area contributed by atoms with E-state index in [9.17, 15) is 20.0 Å². The number of benzene rings is 1. The van der Waals surface area contributed by atoms with Gasteiger partial charge < -0.3 is 15.2 Å². The van der Waals surface area contributed by atoms with E-state index in [2.05, 4.69) is 5.32 Å². The fourth-order valence-electron chi connectivity index (χ4n) is 2.83. The largest absolute Gasteiger partial charge is 0.458 e. The van der Waals surface area contributed by atoms with Gasteiger partial charge >= 0.3 is 11.7 Å². The molecule has 1 aliphatic rings. The lowest BCUT2D eigenvalue weighted by atomic mass is 9.92. The molecule has 2 unspecified atom stereocenters. The van der Waals surface area contributed by atoms with Crippen molar-refractivity contribution in [1.29, 1.82) is 0 Å². The summed E-state index contributed by atoms with van der Waals surface area (Å²) in [6.45, 7) is 1.64. The number of hydrogen-bond acceptors (Lipinski definition) is 6. The van der Waals surface area contributed by atoms with Gasteiger partial charge in [0.2, 0.25) is 0 Å². The molecule has 2 N–H and O–H groups in total. The van der Waals surface area contributed by atoms with E-state index in [0.717, 1.165) is 12.8 Å². The number of ether oxygens (including phenoxy) is 1. The van der Waals surface area contributed by atoms with Crippen molar-refractivity contribution in [2.75, 3.05) is 6.61 Å². The molecule has 130 valence electrons. The van der Waals surface area contributed by atoms with Crippen LogP contribution >= 0.6 is 0 Å². The molecule has 7 heteroatoms. The number of nitro groups is 1. The van der Waals surface area contributed by atoms with Gasteiger partial charge in [-0.25, -0.2) is 4.79 Å². The smallest absolute Gasteiger partial charge is 0.412 e. The fraction of sp³-hybridized carbons (Fsp3) is 0.471. The first-order valence-electron chi connectivity index (χ1n) is 8.10. The highest BCUT2D eigenvalue weighted by molar-refractivity contribution is 5.94. The monoisotopic (exact) mass is 334 g/mol. The van der Waals surface area contributed by atoms with Crippen LogP contribution in [0.15, 0.2) is 36.0 Å². The first-order valence-corrected chi connectivity index (χ1v) is 8.10. The molecule has 0 spiro atoms. The lowest BCUT2D eigenvalue weighted by molar-refractivity contribution is -0.420. The summed E-state index contributed by atoms with van der Waals surface area (Å²) in [5.41, 5.74) is -0.0409. The van der Waals surface area contributed by atoms with Crippen molar-refractivity contribution in [3.8, 4) is 0 Å². The number of carbonyl (C=O) groups excluding carboxylic acids is 1. The van der Waals surface area contributed by atoms with E-state index < -0.39 is 22.7 Å². The van der Waals surface area contributed by atoms with Crippen molar-refractivity contribution in [1.82, 2.24) is 5.32 Å². The SMILES string of the molecule is CCOC(=O)C(=C(NC1CCCCC1O)c1ccccc1)[N+](=O)[O-]. The third-order valence-corrected chi connectivity index (χ3v) is 4.01. The molecular weight excluding hydrogens is 312 g/mol. The van der Waals surface area contributed by atoms with Gasteiger partial charge in [0.1, 0.15) is 5.70 Å². The molecule has 1 aromatic rings. The first kappa shape index (κ1) is 17.9. The van der Waals surface area contributed by atoms with Crippen molar-refractivity contribution in [3.05, 3.63) is 51.7 Å². The molecule has 2 rings (SSSR count). The van der Waals surface area contributed by atoms with Crippen LogP contribution in [0.1, 0.15) is 38.2 Å². The summed E-state index contributed by atoms with van der Waals surface area (Å²) in [5, 5.41) is 24.7. The van der Waals surface area contributed by atoms with Gasteiger partial charge in [-0.3, -0.25) is 10.1 Å². The van der Waals surface area contributed by atoms with Gasteiger partial charge in [-0.1, -0.05) is 43.2 Å². The molecule has 1 aliphatic carbocycles. The Hall–Kier alpha value is -2.41. The molecule has 0 aliphatic heterocycles. The third kappa shape index (κ3) is 4.32. The van der Waals surface area contributed by atoms with Crippen LogP contribution in [0.25, 0.3) is 5.70 Å². The van der Waals surface area contributed by atoms with Gasteiger partial charge in [-0.05, 0) is 19.8 Å². The lowest BCUT2D eigenvalue weighted by Crippen LogP contribution is -2.42. The highest BCUT2D eigenvalue weighted by atomic mass is 16.6. The van der Waals surface area contributed by atoms with E-state index in [-0.39, 0.29) is 18.3 Å². The van der Waals surface area contributed by atoms with Crippen LogP contribution in [-0.4, -0.2) is 34.8 Å². The number of carbonyl (C=O) groups is 1. The van der Waals surface area contributed by atoms with Gasteiger partial charge in [0, 0.05) is 5.56 Å². The third-order valence-electron chi connectivity index (χ3n) is 4.01. The summed E-state index contributed by atoms with van der Waals surface area (Å²) < 4.78 is 4.84. The number of hydrogen-bond donors (Lipinski definition) is 2. The van der Waals surface area contributed by atoms with E-state index in [0.29, 0.717) is 18.4 Å². The summed E-state index contributed by atoms with van der Waals surface area (Å²) in [6, 6.07) is 8.28. The summed E-state index contributed by atoms with van der Waals surface area (Å²) in [4.78, 5) is 22.9. The number of esters is 1. The average molecular weight is 334 g/mol. The first-order chi connectivity index (χ1) is 11.5. The predicted molar refractivity (Wildman–Crippen MR) is 88.4 cm³/mol. The fourth-order valence-corrected chi connectivity index (χ4v) is 2.83. The van der Waals surface area contributed by atoms with Gasteiger partial charge in [0.15, 0.2) is 0 Å². The summed E-state index contributed by atoms with van der Waals surface area (Å²) in [6.07, 6.45) is 2.55. The normalized spacial score (nSPS) is 21.6. The Bertz CT molecular complexity index is 615. The Morgan fingerprint density at radius 2 is 2.00 bits per heavy atom. The molecule has 0 bridgehead atoms. The van der Waals surface area contributed by atoms with Crippen LogP contribution in [0.4, 0.5) is 0 Å². The molecule has 0 aromatic heterocycles. The van der Waals surface area contributed by atoms with Gasteiger partial charge in [0.05, 0.1) is 23.7 Å². The Labute approximate surface area is 140 Å². The van der Waals surface area contributed by atoms with Crippen molar-refractivity contribution in [2.45, 2.75) is 44.8 Å². The highest BCUT2D eigenvalue weighted by Crippen LogP contribution is 2.24. The van der Waals surface area contributed by atoms with Crippen molar-refractivity contribution >= 4 is 11.7 Å². The van der Waals surface area contributed by atoms with Crippen LogP contribution in [0.3, 0.4) is 0 Å². The van der Waals surface area contributed by atoms with Gasteiger partial charge in [-0.2, -0.15) is 0 Å². The van der Waals surface area contributed by atoms with E-state index in [1.54, 1.807) is 37.3 Å². The quantitative estimate of drug-likeness (QED) is 0.357. The van der Waals surface area contributed by atoms with E-state index in [1.165, 1.54) is 0 Å². The summed E-state index contributed by atoms with van der Waals surface area (Å²) >= 11 is 0. The minimum Gasteiger partial charge on any atom is -0.458 e. The minimum absolute atomic E-state index is 0.0459. The molecule has 0 saturated heterocycles. The van der Waals surface area contributed by atoms with Crippen LogP contribution in [0.2, 0.25) is 0 Å². The maximum Gasteiger partial charge on any atom is 0.412 e. The van der Waals surface area contributed by atoms with E-state index >= 15 is 0 Å². The number of aliphatic hydroxyl groups excluding tert-OH is 1. The number of nitrogens with zero attached hydrogens (tertiary/aromatic N) is 1. The Kier molecular flexibility index (Phi) is 6.31. The zero-order chi connectivity index (χ0) is 17.5. The maximum atomic E-state index is 12.1. The molecule has 1 fully saturated rings. The molecule has 7 nitrogen and oxygen atoms in total. The standard InChI is InChI=1S/C17H22N2O5/c1-2-24-17(21)16(19(22)23)15(12-8-4-3-5-9-12)18-13-10-6-7-11-14(13)20/h3-5,8-9,13-14,18,20H,2,6-7,10-11H2,1H3. The molecule has 0 radical (unpaired) electrons. The molecule has 1 aromatic carbocycles. The van der Waals surface area contributed by atoms with Crippen LogP contribution in [0, 0.1) is 10.1 Å². The van der Waals surface area contributed by atoms with Crippen LogP contribution in [0.5, 0.6) is 0 Å². The highest BCUT2D eigenvalue weighted by Gasteiger charge is 2.33. The molecule has 24 heavy (non-hydrogen) atoms. The summed E-state index contributed by atoms with van der Waals surface area (Å²) in [7, 11) is 0. The number of nitrogens with one attached hydrogen (secondary N) is 1. The Balaban J connectivity index is 2.46. The molecule has 2 atom stereocenters. The number of aliphatic hydroxyl groups is 1. The second kappa shape index (κ2) is 8.44. The second-order valence-electron chi connectivity index (χ2n) is 5.67. The number of rotatable bonds is 6. The maximum absolute atomic E-state index is 12.1.